The Hall–Kier alpha value is -2.00. The van der Waals surface area contributed by atoms with Crippen molar-refractivity contribution in [3.8, 4) is 0 Å². The summed E-state index contributed by atoms with van der Waals surface area (Å²) < 4.78 is 1.00. The molecule has 3 aromatic rings. The molecule has 0 radical (unpaired) electrons. The second kappa shape index (κ2) is 8.41. The van der Waals surface area contributed by atoms with Crippen LogP contribution in [-0.2, 0) is 16.2 Å². The van der Waals surface area contributed by atoms with Gasteiger partial charge in [-0.05, 0) is 67.9 Å². The lowest BCUT2D eigenvalue weighted by molar-refractivity contribution is 0.550. The van der Waals surface area contributed by atoms with Crippen LogP contribution in [0, 0.1) is 0 Å². The monoisotopic (exact) mass is 492 g/mol. The van der Waals surface area contributed by atoms with Crippen molar-refractivity contribution >= 4 is 38.2 Å². The average molecular weight is 494 g/mol. The second-order valence-corrected chi connectivity index (χ2v) is 12.7. The number of pyridine rings is 1. The largest absolute Gasteiger partial charge is 0.251 e. The minimum absolute atomic E-state index is 0.0276. The van der Waals surface area contributed by atoms with Crippen molar-refractivity contribution in [2.24, 2.45) is 4.99 Å². The van der Waals surface area contributed by atoms with Gasteiger partial charge < -0.3 is 0 Å². The maximum atomic E-state index is 5.26. The number of benzene rings is 2. The molecule has 0 amide bonds. The van der Waals surface area contributed by atoms with E-state index in [0.717, 1.165) is 32.5 Å². The zero-order valence-corrected chi connectivity index (χ0v) is 22.9. The molecule has 1 heterocycles. The molecule has 0 N–H and O–H groups in total. The van der Waals surface area contributed by atoms with Crippen molar-refractivity contribution in [2.75, 3.05) is 0 Å². The van der Waals surface area contributed by atoms with Gasteiger partial charge in [-0.25, -0.2) is 4.98 Å². The lowest BCUT2D eigenvalue weighted by Crippen LogP contribution is -2.21. The van der Waals surface area contributed by atoms with Crippen LogP contribution in [0.5, 0.6) is 0 Å². The van der Waals surface area contributed by atoms with Gasteiger partial charge in [0.2, 0.25) is 0 Å². The summed E-state index contributed by atoms with van der Waals surface area (Å²) in [6.07, 6.45) is 0. The Morgan fingerprint density at radius 1 is 0.781 bits per heavy atom. The minimum atomic E-state index is -0.0276. The molecule has 1 aromatic heterocycles. The molecule has 0 aliphatic carbocycles. The van der Waals surface area contributed by atoms with Crippen molar-refractivity contribution < 1.29 is 0 Å². The maximum Gasteiger partial charge on any atom is 0.0851 e. The number of aliphatic imine (C=N–C) groups is 1. The van der Waals surface area contributed by atoms with Crippen molar-refractivity contribution in [1.82, 2.24) is 4.98 Å². The van der Waals surface area contributed by atoms with Gasteiger partial charge in [0.1, 0.15) is 0 Å². The summed E-state index contributed by atoms with van der Waals surface area (Å²) in [7, 11) is 0. The van der Waals surface area contributed by atoms with Gasteiger partial charge in [-0.1, -0.05) is 92.6 Å². The van der Waals surface area contributed by atoms with Crippen LogP contribution in [0.15, 0.2) is 51.9 Å². The number of hydrogen-bond donors (Lipinski definition) is 0. The number of para-hydroxylation sites is 1. The first-order valence-corrected chi connectivity index (χ1v) is 12.2. The number of aromatic nitrogens is 1. The highest BCUT2D eigenvalue weighted by atomic mass is 79.9. The molecule has 0 saturated heterocycles. The van der Waals surface area contributed by atoms with Gasteiger partial charge in [0, 0.05) is 9.86 Å². The summed E-state index contributed by atoms with van der Waals surface area (Å²) in [5.41, 5.74) is 7.85. The van der Waals surface area contributed by atoms with Crippen LogP contribution < -0.4 is 0 Å². The molecular weight excluding hydrogens is 456 g/mol. The quantitative estimate of drug-likeness (QED) is 0.327. The third kappa shape index (κ3) is 5.14. The number of fused-ring (bicyclic) bond motifs is 1. The summed E-state index contributed by atoms with van der Waals surface area (Å²) in [6, 6.07) is 15.1. The summed E-state index contributed by atoms with van der Waals surface area (Å²) in [4.78, 5) is 10.2. The Labute approximate surface area is 202 Å². The van der Waals surface area contributed by atoms with Crippen LogP contribution in [-0.4, -0.2) is 10.7 Å². The predicted molar refractivity (Wildman–Crippen MR) is 144 cm³/mol. The molecule has 0 unspecified atom stereocenters. The minimum Gasteiger partial charge on any atom is -0.251 e. The van der Waals surface area contributed by atoms with E-state index in [1.54, 1.807) is 0 Å². The fraction of sp³-hybridized carbons (Fsp3) is 0.448. The lowest BCUT2D eigenvalue weighted by Gasteiger charge is -2.32. The molecule has 0 atom stereocenters. The Balaban J connectivity index is 2.30. The van der Waals surface area contributed by atoms with Crippen molar-refractivity contribution in [1.29, 1.82) is 0 Å². The maximum absolute atomic E-state index is 5.26. The number of halogens is 1. The molecule has 170 valence electrons. The van der Waals surface area contributed by atoms with Gasteiger partial charge in [-0.2, -0.15) is 0 Å². The van der Waals surface area contributed by atoms with Gasteiger partial charge >= 0.3 is 0 Å². The molecule has 0 saturated carbocycles. The van der Waals surface area contributed by atoms with Gasteiger partial charge in [-0.15, -0.1) is 0 Å². The molecule has 3 heteroatoms. The standard InChI is InChI=1S/C29H37BrN2/c1-18(24-15-14-19-12-11-13-23(30)25(19)32-24)31-26-21(28(5,6)7)16-20(27(2,3)4)17-22(26)29(8,9)10/h11-17H,1-10H3/b31-18+. The molecule has 2 nitrogen and oxygen atoms in total. The number of rotatable bonds is 2. The Bertz CT molecular complexity index is 1150. The highest BCUT2D eigenvalue weighted by molar-refractivity contribution is 9.10. The molecule has 32 heavy (non-hydrogen) atoms. The molecule has 0 aliphatic rings. The van der Waals surface area contributed by atoms with Crippen LogP contribution in [0.4, 0.5) is 5.69 Å². The first-order valence-electron chi connectivity index (χ1n) is 11.4. The highest BCUT2D eigenvalue weighted by Gasteiger charge is 2.29. The van der Waals surface area contributed by atoms with Crippen molar-refractivity contribution in [3.05, 3.63) is 69.3 Å². The molecular formula is C29H37BrN2. The van der Waals surface area contributed by atoms with E-state index in [2.05, 4.69) is 115 Å². The van der Waals surface area contributed by atoms with Gasteiger partial charge in [0.15, 0.2) is 0 Å². The molecule has 0 aliphatic heterocycles. The van der Waals surface area contributed by atoms with E-state index >= 15 is 0 Å². The Morgan fingerprint density at radius 3 is 1.84 bits per heavy atom. The fourth-order valence-electron chi connectivity index (χ4n) is 3.87. The lowest BCUT2D eigenvalue weighted by atomic mass is 9.74. The van der Waals surface area contributed by atoms with E-state index in [0.29, 0.717) is 0 Å². The first-order chi connectivity index (χ1) is 14.6. The third-order valence-electron chi connectivity index (χ3n) is 5.91. The van der Waals surface area contributed by atoms with Crippen LogP contribution in [0.1, 0.15) is 91.6 Å². The number of hydrogen-bond acceptors (Lipinski definition) is 2. The molecule has 0 fully saturated rings. The van der Waals surface area contributed by atoms with E-state index < -0.39 is 0 Å². The Morgan fingerprint density at radius 2 is 1.34 bits per heavy atom. The van der Waals surface area contributed by atoms with Crippen LogP contribution in [0.2, 0.25) is 0 Å². The van der Waals surface area contributed by atoms with E-state index in [9.17, 15) is 0 Å². The van der Waals surface area contributed by atoms with Crippen LogP contribution in [0.25, 0.3) is 10.9 Å². The summed E-state index contributed by atoms with van der Waals surface area (Å²) >= 11 is 3.65. The smallest absolute Gasteiger partial charge is 0.0851 e. The van der Waals surface area contributed by atoms with Gasteiger partial charge in [0.25, 0.3) is 0 Å². The first kappa shape index (κ1) is 24.6. The number of nitrogens with zero attached hydrogens (tertiary/aromatic N) is 2. The van der Waals surface area contributed by atoms with Gasteiger partial charge in [-0.3, -0.25) is 4.99 Å². The average Bonchev–Trinajstić information content (AvgIpc) is 2.65. The van der Waals surface area contributed by atoms with E-state index in [1.165, 1.54) is 16.7 Å². The van der Waals surface area contributed by atoms with Crippen LogP contribution in [0.3, 0.4) is 0 Å². The van der Waals surface area contributed by atoms with E-state index in [-0.39, 0.29) is 16.2 Å². The zero-order valence-electron chi connectivity index (χ0n) is 21.3. The molecule has 2 aromatic carbocycles. The van der Waals surface area contributed by atoms with Crippen molar-refractivity contribution in [3.63, 3.8) is 0 Å². The molecule has 0 bridgehead atoms. The van der Waals surface area contributed by atoms with E-state index in [1.807, 2.05) is 12.1 Å². The van der Waals surface area contributed by atoms with Crippen LogP contribution >= 0.6 is 15.9 Å². The van der Waals surface area contributed by atoms with E-state index in [4.69, 9.17) is 9.98 Å². The Kier molecular flexibility index (Phi) is 6.47. The summed E-state index contributed by atoms with van der Waals surface area (Å²) in [5.74, 6) is 0. The second-order valence-electron chi connectivity index (χ2n) is 11.9. The van der Waals surface area contributed by atoms with Crippen molar-refractivity contribution in [2.45, 2.75) is 85.5 Å². The SMILES string of the molecule is C/C(=N\c1c(C(C)(C)C)cc(C(C)(C)C)cc1C(C)(C)C)c1ccc2cccc(Br)c2n1. The van der Waals surface area contributed by atoms with Gasteiger partial charge in [0.05, 0.1) is 22.6 Å². The predicted octanol–water partition coefficient (Wildman–Crippen LogP) is 9.03. The zero-order chi connectivity index (χ0) is 24.1. The summed E-state index contributed by atoms with van der Waals surface area (Å²) in [5, 5.41) is 1.12. The topological polar surface area (TPSA) is 25.2 Å². The third-order valence-corrected chi connectivity index (χ3v) is 6.55. The molecule has 3 rings (SSSR count). The normalized spacial score (nSPS) is 13.7. The summed E-state index contributed by atoms with van der Waals surface area (Å²) in [6.45, 7) is 22.6. The fourth-order valence-corrected chi connectivity index (χ4v) is 4.34. The molecule has 0 spiro atoms. The highest BCUT2D eigenvalue weighted by Crippen LogP contribution is 2.43.